The van der Waals surface area contributed by atoms with Crippen molar-refractivity contribution in [3.63, 3.8) is 0 Å². The fourth-order valence-corrected chi connectivity index (χ4v) is 1.44. The van der Waals surface area contributed by atoms with E-state index >= 15 is 0 Å². The number of hydrogen-bond donors (Lipinski definition) is 3. The summed E-state index contributed by atoms with van der Waals surface area (Å²) in [5.74, 6) is -0.311. The maximum Gasteiger partial charge on any atom is 0.253 e. The lowest BCUT2D eigenvalue weighted by atomic mass is 10.1. The van der Waals surface area contributed by atoms with E-state index in [1.807, 2.05) is 6.92 Å². The molecule has 0 heterocycles. The molecule has 0 saturated heterocycles. The minimum absolute atomic E-state index is 0.0572. The van der Waals surface area contributed by atoms with Gasteiger partial charge in [-0.25, -0.2) is 0 Å². The number of hydrogen-bond acceptors (Lipinski definition) is 3. The lowest BCUT2D eigenvalue weighted by Crippen LogP contribution is -2.31. The molecule has 98 valence electrons. The summed E-state index contributed by atoms with van der Waals surface area (Å²) < 4.78 is 0. The Bertz CT molecular complexity index is 418. The number of nitrogen functional groups attached to an aromatic ring is 1. The summed E-state index contributed by atoms with van der Waals surface area (Å²) in [6, 6.07) is 6.84. The van der Waals surface area contributed by atoms with Crippen LogP contribution in [-0.4, -0.2) is 24.9 Å². The van der Waals surface area contributed by atoms with Gasteiger partial charge in [0.15, 0.2) is 0 Å². The molecule has 5 heteroatoms. The molecule has 0 spiro atoms. The Morgan fingerprint density at radius 3 is 2.56 bits per heavy atom. The van der Waals surface area contributed by atoms with Crippen molar-refractivity contribution in [3.05, 3.63) is 29.8 Å². The summed E-state index contributed by atoms with van der Waals surface area (Å²) in [5, 5.41) is 5.41. The first kappa shape index (κ1) is 14.0. The van der Waals surface area contributed by atoms with Gasteiger partial charge < -0.3 is 16.4 Å². The predicted molar refractivity (Wildman–Crippen MR) is 71.1 cm³/mol. The van der Waals surface area contributed by atoms with Gasteiger partial charge in [0.25, 0.3) is 5.91 Å². The van der Waals surface area contributed by atoms with E-state index in [-0.39, 0.29) is 18.2 Å². The van der Waals surface area contributed by atoms with Crippen molar-refractivity contribution in [3.8, 4) is 0 Å². The van der Waals surface area contributed by atoms with Crippen LogP contribution in [0.1, 0.15) is 30.1 Å². The standard InChI is InChI=1S/C13H19N3O2/c1-2-8-15-12(17)7-9-16-13(18)10-5-3-4-6-11(10)14/h3-6H,2,7-9,14H2,1H3,(H,15,17)(H,16,18). The average molecular weight is 249 g/mol. The summed E-state index contributed by atoms with van der Waals surface area (Å²) in [6.07, 6.45) is 1.18. The SMILES string of the molecule is CCCNC(=O)CCNC(=O)c1ccccc1N. The molecule has 2 amide bonds. The Balaban J connectivity index is 2.34. The summed E-state index contributed by atoms with van der Waals surface area (Å²) in [7, 11) is 0. The number of anilines is 1. The molecule has 18 heavy (non-hydrogen) atoms. The maximum absolute atomic E-state index is 11.7. The summed E-state index contributed by atoms with van der Waals surface area (Å²) >= 11 is 0. The second-order valence-electron chi connectivity index (χ2n) is 3.94. The van der Waals surface area contributed by atoms with Crippen LogP contribution in [0.25, 0.3) is 0 Å². The third kappa shape index (κ3) is 4.45. The second kappa shape index (κ2) is 7.32. The normalized spacial score (nSPS) is 9.83. The highest BCUT2D eigenvalue weighted by Gasteiger charge is 2.08. The Kier molecular flexibility index (Phi) is 5.70. The smallest absolute Gasteiger partial charge is 0.253 e. The molecule has 0 aliphatic heterocycles. The van der Waals surface area contributed by atoms with Gasteiger partial charge in [-0.2, -0.15) is 0 Å². The van der Waals surface area contributed by atoms with Gasteiger partial charge in [0.1, 0.15) is 0 Å². The maximum atomic E-state index is 11.7. The Hall–Kier alpha value is -2.04. The van der Waals surface area contributed by atoms with Crippen molar-refractivity contribution in [1.29, 1.82) is 0 Å². The zero-order valence-electron chi connectivity index (χ0n) is 10.5. The lowest BCUT2D eigenvalue weighted by Gasteiger charge is -2.07. The molecule has 0 fully saturated rings. The van der Waals surface area contributed by atoms with E-state index in [9.17, 15) is 9.59 Å². The van der Waals surface area contributed by atoms with Gasteiger partial charge in [0.2, 0.25) is 5.91 Å². The third-order valence-corrected chi connectivity index (χ3v) is 2.42. The van der Waals surface area contributed by atoms with Gasteiger partial charge in [-0.15, -0.1) is 0 Å². The molecule has 0 aliphatic rings. The average Bonchev–Trinajstić information content (AvgIpc) is 2.36. The van der Waals surface area contributed by atoms with Crippen molar-refractivity contribution >= 4 is 17.5 Å². The summed E-state index contributed by atoms with van der Waals surface area (Å²) in [6.45, 7) is 2.96. The van der Waals surface area contributed by atoms with Gasteiger partial charge in [0, 0.05) is 25.2 Å². The topological polar surface area (TPSA) is 84.2 Å². The number of nitrogens with one attached hydrogen (secondary N) is 2. The van der Waals surface area contributed by atoms with E-state index in [0.29, 0.717) is 24.3 Å². The van der Waals surface area contributed by atoms with Gasteiger partial charge in [-0.1, -0.05) is 19.1 Å². The van der Waals surface area contributed by atoms with E-state index < -0.39 is 0 Å². The minimum atomic E-state index is -0.253. The number of para-hydroxylation sites is 1. The van der Waals surface area contributed by atoms with Crippen LogP contribution in [0.4, 0.5) is 5.69 Å². The number of carbonyl (C=O) groups excluding carboxylic acids is 2. The van der Waals surface area contributed by atoms with Crippen molar-refractivity contribution in [2.45, 2.75) is 19.8 Å². The number of carbonyl (C=O) groups is 2. The monoisotopic (exact) mass is 249 g/mol. The molecule has 0 aromatic heterocycles. The van der Waals surface area contributed by atoms with Crippen LogP contribution in [0.15, 0.2) is 24.3 Å². The molecule has 0 aliphatic carbocycles. The minimum Gasteiger partial charge on any atom is -0.398 e. The zero-order chi connectivity index (χ0) is 13.4. The molecular formula is C13H19N3O2. The summed E-state index contributed by atoms with van der Waals surface area (Å²) in [5.41, 5.74) is 6.55. The highest BCUT2D eigenvalue weighted by molar-refractivity contribution is 5.99. The van der Waals surface area contributed by atoms with Crippen LogP contribution in [0, 0.1) is 0 Å². The fourth-order valence-electron chi connectivity index (χ4n) is 1.44. The Morgan fingerprint density at radius 1 is 1.17 bits per heavy atom. The first-order valence-corrected chi connectivity index (χ1v) is 6.04. The quantitative estimate of drug-likeness (QED) is 0.655. The van der Waals surface area contributed by atoms with Crippen LogP contribution in [0.5, 0.6) is 0 Å². The van der Waals surface area contributed by atoms with Crippen molar-refractivity contribution < 1.29 is 9.59 Å². The Morgan fingerprint density at radius 2 is 1.89 bits per heavy atom. The Labute approximate surface area is 107 Å². The van der Waals surface area contributed by atoms with E-state index in [1.54, 1.807) is 24.3 Å². The molecule has 0 unspecified atom stereocenters. The number of rotatable bonds is 6. The highest BCUT2D eigenvalue weighted by atomic mass is 16.2. The van der Waals surface area contributed by atoms with E-state index in [2.05, 4.69) is 10.6 Å². The number of nitrogens with two attached hydrogens (primary N) is 1. The number of amides is 2. The molecule has 1 rings (SSSR count). The predicted octanol–water partition coefficient (Wildman–Crippen LogP) is 0.915. The molecular weight excluding hydrogens is 230 g/mol. The van der Waals surface area contributed by atoms with Gasteiger partial charge >= 0.3 is 0 Å². The fraction of sp³-hybridized carbons (Fsp3) is 0.385. The largest absolute Gasteiger partial charge is 0.398 e. The molecule has 4 N–H and O–H groups in total. The third-order valence-electron chi connectivity index (χ3n) is 2.42. The van der Waals surface area contributed by atoms with Crippen molar-refractivity contribution in [2.75, 3.05) is 18.8 Å². The van der Waals surface area contributed by atoms with Crippen LogP contribution >= 0.6 is 0 Å². The molecule has 0 saturated carbocycles. The molecule has 0 radical (unpaired) electrons. The molecule has 1 aromatic carbocycles. The molecule has 1 aromatic rings. The first-order chi connectivity index (χ1) is 8.65. The van der Waals surface area contributed by atoms with Crippen molar-refractivity contribution in [1.82, 2.24) is 10.6 Å². The molecule has 0 atom stereocenters. The second-order valence-corrected chi connectivity index (χ2v) is 3.94. The lowest BCUT2D eigenvalue weighted by molar-refractivity contribution is -0.120. The van der Waals surface area contributed by atoms with Crippen LogP contribution in [0.2, 0.25) is 0 Å². The van der Waals surface area contributed by atoms with Gasteiger partial charge in [0.05, 0.1) is 5.56 Å². The summed E-state index contributed by atoms with van der Waals surface area (Å²) in [4.78, 5) is 23.0. The molecule has 5 nitrogen and oxygen atoms in total. The number of benzene rings is 1. The van der Waals surface area contributed by atoms with Crippen molar-refractivity contribution in [2.24, 2.45) is 0 Å². The van der Waals surface area contributed by atoms with E-state index in [0.717, 1.165) is 6.42 Å². The van der Waals surface area contributed by atoms with Crippen LogP contribution in [-0.2, 0) is 4.79 Å². The van der Waals surface area contributed by atoms with Crippen LogP contribution in [0.3, 0.4) is 0 Å². The molecule has 0 bridgehead atoms. The van der Waals surface area contributed by atoms with Gasteiger partial charge in [-0.05, 0) is 18.6 Å². The van der Waals surface area contributed by atoms with Crippen LogP contribution < -0.4 is 16.4 Å². The van der Waals surface area contributed by atoms with E-state index in [4.69, 9.17) is 5.73 Å². The van der Waals surface area contributed by atoms with Gasteiger partial charge in [-0.3, -0.25) is 9.59 Å². The first-order valence-electron chi connectivity index (χ1n) is 6.04. The zero-order valence-corrected chi connectivity index (χ0v) is 10.5. The highest BCUT2D eigenvalue weighted by Crippen LogP contribution is 2.09. The van der Waals surface area contributed by atoms with E-state index in [1.165, 1.54) is 0 Å².